The van der Waals surface area contributed by atoms with Crippen LogP contribution in [0.25, 0.3) is 0 Å². The molecule has 6 heteroatoms. The fourth-order valence-corrected chi connectivity index (χ4v) is 0.749. The fourth-order valence-electron chi connectivity index (χ4n) is 0.749. The van der Waals surface area contributed by atoms with Crippen molar-refractivity contribution in [2.75, 3.05) is 5.17 Å². The molecule has 1 aromatic rings. The van der Waals surface area contributed by atoms with Crippen LogP contribution >= 0.6 is 0 Å². The van der Waals surface area contributed by atoms with Gasteiger partial charge >= 0.3 is 0 Å². The molecule has 0 atom stereocenters. The van der Waals surface area contributed by atoms with Gasteiger partial charge in [0, 0.05) is 0 Å². The first-order chi connectivity index (χ1) is 5.75. The van der Waals surface area contributed by atoms with E-state index in [1.54, 1.807) is 18.2 Å². The number of nitro groups is 1. The minimum atomic E-state index is -0.755. The van der Waals surface area contributed by atoms with Gasteiger partial charge in [-0.15, -0.1) is 4.94 Å². The Labute approximate surface area is 68.2 Å². The monoisotopic (exact) mass is 169 g/mol. The first-order valence-corrected chi connectivity index (χ1v) is 3.12. The summed E-state index contributed by atoms with van der Waals surface area (Å²) in [7, 11) is 0. The maximum absolute atomic E-state index is 10.3. The molecule has 0 fully saturated rings. The minimum absolute atomic E-state index is 0.269. The molecule has 64 valence electrons. The molecule has 0 saturated carbocycles. The number of hydrogen-bond acceptors (Lipinski definition) is 4. The van der Waals surface area contributed by atoms with Crippen LogP contribution in [-0.4, -0.2) is 5.03 Å². The topological polar surface area (TPSA) is 81.6 Å². The molecule has 0 heterocycles. The molecule has 1 aromatic carbocycles. The second kappa shape index (κ2) is 3.65. The Morgan fingerprint density at radius 1 is 1.42 bits per heavy atom. The Morgan fingerprint density at radius 3 is 2.42 bits per heavy atom. The third-order valence-corrected chi connectivity index (χ3v) is 1.23. The van der Waals surface area contributed by atoms with Crippen LogP contribution in [0, 0.1) is 10.1 Å². The average Bonchev–Trinajstić information content (AvgIpc) is 2.07. The van der Waals surface area contributed by atoms with E-state index < -0.39 is 5.03 Å². The Morgan fingerprint density at radius 2 is 2.00 bits per heavy atom. The lowest BCUT2D eigenvalue weighted by Gasteiger charge is -2.07. The minimum Gasteiger partial charge on any atom is -0.232 e. The van der Waals surface area contributed by atoms with Gasteiger partial charge in [-0.2, -0.15) is 5.90 Å². The summed E-state index contributed by atoms with van der Waals surface area (Å²) in [6.07, 6.45) is 0. The highest BCUT2D eigenvalue weighted by atomic mass is 16.9. The molecule has 0 aromatic heterocycles. The molecule has 1 rings (SSSR count). The molecule has 0 aliphatic carbocycles. The van der Waals surface area contributed by atoms with Crippen molar-refractivity contribution >= 4 is 5.69 Å². The van der Waals surface area contributed by atoms with Crippen LogP contribution in [0.2, 0.25) is 0 Å². The summed E-state index contributed by atoms with van der Waals surface area (Å²) >= 11 is 0. The first kappa shape index (κ1) is 8.44. The van der Waals surface area contributed by atoms with Gasteiger partial charge in [0.15, 0.2) is 5.03 Å². The van der Waals surface area contributed by atoms with Crippen molar-refractivity contribution in [3.63, 3.8) is 0 Å². The number of hydrazine groups is 1. The van der Waals surface area contributed by atoms with Gasteiger partial charge < -0.3 is 0 Å². The lowest BCUT2D eigenvalue weighted by molar-refractivity contribution is -0.548. The molecule has 2 N–H and O–H groups in total. The summed E-state index contributed by atoms with van der Waals surface area (Å²) in [6, 6.07) is 8.04. The summed E-state index contributed by atoms with van der Waals surface area (Å²) in [5, 5.41) is 9.88. The molecular weight excluding hydrogens is 162 g/mol. The van der Waals surface area contributed by atoms with Crippen LogP contribution in [0.15, 0.2) is 30.3 Å². The molecule has 6 nitrogen and oxygen atoms in total. The van der Waals surface area contributed by atoms with Crippen LogP contribution < -0.4 is 11.1 Å². The molecule has 0 bridgehead atoms. The van der Waals surface area contributed by atoms with E-state index in [1.807, 2.05) is 0 Å². The van der Waals surface area contributed by atoms with Crippen molar-refractivity contribution in [2.45, 2.75) is 0 Å². The SMILES string of the molecule is NON(c1ccccc1)[N+](=O)[O-]. The fraction of sp³-hybridized carbons (Fsp3) is 0. The van der Waals surface area contributed by atoms with Gasteiger partial charge in [-0.05, 0) is 12.1 Å². The van der Waals surface area contributed by atoms with Crippen LogP contribution in [0.1, 0.15) is 0 Å². The van der Waals surface area contributed by atoms with E-state index >= 15 is 0 Å². The Kier molecular flexibility index (Phi) is 2.57. The molecule has 0 saturated heterocycles. The van der Waals surface area contributed by atoms with Crippen molar-refractivity contribution < 1.29 is 9.97 Å². The Bertz CT molecular complexity index is 264. The molecule has 0 amide bonds. The van der Waals surface area contributed by atoms with Gasteiger partial charge in [0.1, 0.15) is 5.69 Å². The summed E-state index contributed by atoms with van der Waals surface area (Å²) in [4.78, 5) is 14.3. The molecule has 0 unspecified atom stereocenters. The van der Waals surface area contributed by atoms with Crippen molar-refractivity contribution in [3.8, 4) is 0 Å². The predicted molar refractivity (Wildman–Crippen MR) is 41.2 cm³/mol. The normalized spacial score (nSPS) is 9.42. The van der Waals surface area contributed by atoms with Gasteiger partial charge in [-0.3, -0.25) is 0 Å². The van der Waals surface area contributed by atoms with E-state index in [2.05, 4.69) is 10.8 Å². The lowest BCUT2D eigenvalue weighted by Crippen LogP contribution is -2.32. The van der Waals surface area contributed by atoms with Crippen molar-refractivity contribution in [1.29, 1.82) is 0 Å². The first-order valence-electron chi connectivity index (χ1n) is 3.12. The highest BCUT2D eigenvalue weighted by molar-refractivity contribution is 5.40. The van der Waals surface area contributed by atoms with Crippen molar-refractivity contribution in [3.05, 3.63) is 40.4 Å². The Balaban J connectivity index is 2.88. The van der Waals surface area contributed by atoms with Crippen molar-refractivity contribution in [2.24, 2.45) is 5.90 Å². The molecule has 12 heavy (non-hydrogen) atoms. The third kappa shape index (κ3) is 1.68. The van der Waals surface area contributed by atoms with Crippen LogP contribution in [0.3, 0.4) is 0 Å². The maximum atomic E-state index is 10.3. The van der Waals surface area contributed by atoms with Crippen molar-refractivity contribution in [1.82, 2.24) is 0 Å². The molecule has 0 spiro atoms. The van der Waals surface area contributed by atoms with Gasteiger partial charge in [-0.25, -0.2) is 10.1 Å². The number of benzene rings is 1. The van der Waals surface area contributed by atoms with E-state index in [4.69, 9.17) is 0 Å². The predicted octanol–water partition coefficient (Wildman–Crippen LogP) is 0.490. The maximum Gasteiger partial charge on any atom is 0.193 e. The highest BCUT2D eigenvalue weighted by Gasteiger charge is 2.16. The zero-order valence-electron chi connectivity index (χ0n) is 6.08. The zero-order valence-corrected chi connectivity index (χ0v) is 6.08. The molecule has 0 aliphatic rings. The Hall–Kier alpha value is -1.66. The third-order valence-electron chi connectivity index (χ3n) is 1.23. The van der Waals surface area contributed by atoms with E-state index in [9.17, 15) is 10.1 Å². The average molecular weight is 169 g/mol. The quantitative estimate of drug-likeness (QED) is 0.526. The zero-order chi connectivity index (χ0) is 8.97. The number of nitrogens with two attached hydrogens (primary N) is 1. The summed E-state index contributed by atoms with van der Waals surface area (Å²) in [6.45, 7) is 0. The number of hydrogen-bond donors (Lipinski definition) is 1. The van der Waals surface area contributed by atoms with Crippen LogP contribution in [-0.2, 0) is 4.94 Å². The second-order valence-corrected chi connectivity index (χ2v) is 1.95. The van der Waals surface area contributed by atoms with Gasteiger partial charge in [0.2, 0.25) is 0 Å². The largest absolute Gasteiger partial charge is 0.232 e. The number of rotatable bonds is 3. The number of anilines is 1. The molecule has 0 aliphatic heterocycles. The smallest absolute Gasteiger partial charge is 0.193 e. The van der Waals surface area contributed by atoms with Crippen LogP contribution in [0.4, 0.5) is 5.69 Å². The van der Waals surface area contributed by atoms with E-state index in [1.165, 1.54) is 12.1 Å². The second-order valence-electron chi connectivity index (χ2n) is 1.95. The molecular formula is C6H7N3O3. The number of para-hydroxylation sites is 1. The summed E-state index contributed by atoms with van der Waals surface area (Å²) in [5.41, 5.74) is 0.269. The summed E-state index contributed by atoms with van der Waals surface area (Å²) < 4.78 is 0. The summed E-state index contributed by atoms with van der Waals surface area (Å²) in [5.74, 6) is 4.69. The van der Waals surface area contributed by atoms with E-state index in [-0.39, 0.29) is 5.69 Å². The van der Waals surface area contributed by atoms with Crippen LogP contribution in [0.5, 0.6) is 0 Å². The van der Waals surface area contributed by atoms with Gasteiger partial charge in [0.25, 0.3) is 0 Å². The number of nitrogens with zero attached hydrogens (tertiary/aromatic N) is 2. The van der Waals surface area contributed by atoms with E-state index in [0.29, 0.717) is 5.17 Å². The van der Waals surface area contributed by atoms with Gasteiger partial charge in [-0.1, -0.05) is 18.2 Å². The standard InChI is InChI=1S/C6H7N3O3/c7-12-8(9(10)11)6-4-2-1-3-5-6/h1-5H,7H2. The van der Waals surface area contributed by atoms with E-state index in [0.717, 1.165) is 0 Å². The van der Waals surface area contributed by atoms with Gasteiger partial charge in [0.05, 0.1) is 5.17 Å². The lowest BCUT2D eigenvalue weighted by atomic mass is 10.3. The highest BCUT2D eigenvalue weighted by Crippen LogP contribution is 2.11. The molecule has 0 radical (unpaired) electrons.